The summed E-state index contributed by atoms with van der Waals surface area (Å²) < 4.78 is 5.13. The summed E-state index contributed by atoms with van der Waals surface area (Å²) in [6.07, 6.45) is -0.416. The molecule has 0 aromatic carbocycles. The lowest BCUT2D eigenvalue weighted by molar-refractivity contribution is -0.185. The number of carbonyl (C=O) groups excluding carboxylic acids is 2. The summed E-state index contributed by atoms with van der Waals surface area (Å²) in [7, 11) is 0. The third kappa shape index (κ3) is 3.10. The third-order valence-corrected chi connectivity index (χ3v) is 2.18. The molecule has 0 unspecified atom stereocenters. The smallest absolute Gasteiger partial charge is 0.410 e. The van der Waals surface area contributed by atoms with Crippen molar-refractivity contribution < 1.29 is 19.5 Å². The summed E-state index contributed by atoms with van der Waals surface area (Å²) in [6.45, 7) is 7.26. The second-order valence-electron chi connectivity index (χ2n) is 4.90. The molecule has 1 aliphatic rings. The van der Waals surface area contributed by atoms with E-state index in [-0.39, 0.29) is 6.04 Å². The maximum atomic E-state index is 11.5. The first kappa shape index (κ1) is 12.8. The van der Waals surface area contributed by atoms with Crippen LogP contribution in [0.15, 0.2) is 0 Å². The van der Waals surface area contributed by atoms with E-state index >= 15 is 0 Å². The number of hydrogen-bond acceptors (Lipinski definition) is 4. The number of rotatable bonds is 1. The van der Waals surface area contributed by atoms with E-state index in [2.05, 4.69) is 0 Å². The fraction of sp³-hybridized carbons (Fsp3) is 0.800. The van der Waals surface area contributed by atoms with Gasteiger partial charge in [0.15, 0.2) is 0 Å². The maximum absolute atomic E-state index is 11.5. The van der Waals surface area contributed by atoms with Crippen molar-refractivity contribution in [2.24, 2.45) is 0 Å². The fourth-order valence-electron chi connectivity index (χ4n) is 1.34. The van der Waals surface area contributed by atoms with Crippen molar-refractivity contribution in [2.45, 2.75) is 39.3 Å². The molecule has 0 aliphatic carbocycles. The average molecular weight is 230 g/mol. The zero-order chi connectivity index (χ0) is 12.5. The SMILES string of the molecule is CC(=O)N(O)C1CN(C(=O)OC(C)(C)C)C1. The van der Waals surface area contributed by atoms with Crippen LogP contribution in [0, 0.1) is 0 Å². The number of amides is 2. The Morgan fingerprint density at radius 2 is 1.88 bits per heavy atom. The molecule has 1 aliphatic heterocycles. The maximum Gasteiger partial charge on any atom is 0.410 e. The number of hydroxylamine groups is 2. The van der Waals surface area contributed by atoms with E-state index in [1.54, 1.807) is 20.8 Å². The first-order chi connectivity index (χ1) is 7.20. The number of carbonyl (C=O) groups is 2. The van der Waals surface area contributed by atoms with Gasteiger partial charge in [-0.05, 0) is 20.8 Å². The summed E-state index contributed by atoms with van der Waals surface area (Å²) in [5, 5.41) is 9.94. The normalized spacial score (nSPS) is 16.7. The lowest BCUT2D eigenvalue weighted by Crippen LogP contribution is -2.61. The molecule has 1 N–H and O–H groups in total. The van der Waals surface area contributed by atoms with Crippen molar-refractivity contribution in [3.63, 3.8) is 0 Å². The van der Waals surface area contributed by atoms with Crippen molar-refractivity contribution in [3.8, 4) is 0 Å². The van der Waals surface area contributed by atoms with E-state index in [4.69, 9.17) is 4.74 Å². The Morgan fingerprint density at radius 1 is 1.38 bits per heavy atom. The third-order valence-electron chi connectivity index (χ3n) is 2.18. The summed E-state index contributed by atoms with van der Waals surface area (Å²) in [4.78, 5) is 23.8. The molecule has 2 amide bonds. The van der Waals surface area contributed by atoms with Gasteiger partial charge < -0.3 is 9.64 Å². The molecule has 1 fully saturated rings. The number of nitrogens with zero attached hydrogens (tertiary/aromatic N) is 2. The lowest BCUT2D eigenvalue weighted by Gasteiger charge is -2.42. The predicted molar refractivity (Wildman–Crippen MR) is 55.9 cm³/mol. The molecule has 1 heterocycles. The van der Waals surface area contributed by atoms with Crippen molar-refractivity contribution in [1.82, 2.24) is 9.96 Å². The zero-order valence-corrected chi connectivity index (χ0v) is 10.1. The van der Waals surface area contributed by atoms with Crippen LogP contribution in [0.4, 0.5) is 4.79 Å². The molecule has 0 atom stereocenters. The van der Waals surface area contributed by atoms with Crippen LogP contribution < -0.4 is 0 Å². The monoisotopic (exact) mass is 230 g/mol. The van der Waals surface area contributed by atoms with Gasteiger partial charge in [-0.2, -0.15) is 0 Å². The van der Waals surface area contributed by atoms with Crippen LogP contribution in [0.2, 0.25) is 0 Å². The van der Waals surface area contributed by atoms with Crippen molar-refractivity contribution in [3.05, 3.63) is 0 Å². The number of likely N-dealkylation sites (tertiary alicyclic amines) is 1. The fourth-order valence-corrected chi connectivity index (χ4v) is 1.34. The molecular formula is C10H18N2O4. The summed E-state index contributed by atoms with van der Waals surface area (Å²) >= 11 is 0. The highest BCUT2D eigenvalue weighted by Crippen LogP contribution is 2.17. The Labute approximate surface area is 94.7 Å². The molecule has 16 heavy (non-hydrogen) atoms. The summed E-state index contributed by atoms with van der Waals surface area (Å²) in [5.41, 5.74) is -0.526. The van der Waals surface area contributed by atoms with Crippen LogP contribution in [-0.4, -0.2) is 51.9 Å². The van der Waals surface area contributed by atoms with Gasteiger partial charge in [0.05, 0.1) is 6.04 Å². The van der Waals surface area contributed by atoms with Gasteiger partial charge in [-0.15, -0.1) is 0 Å². The van der Waals surface area contributed by atoms with Crippen molar-refractivity contribution in [2.75, 3.05) is 13.1 Å². The van der Waals surface area contributed by atoms with Crippen LogP contribution in [0.1, 0.15) is 27.7 Å². The quantitative estimate of drug-likeness (QED) is 0.535. The van der Waals surface area contributed by atoms with E-state index in [0.717, 1.165) is 0 Å². The standard InChI is InChI=1S/C10H18N2O4/c1-7(13)12(15)8-5-11(6-8)9(14)16-10(2,3)4/h8,15H,5-6H2,1-4H3. The molecule has 0 aromatic rings. The van der Waals surface area contributed by atoms with Gasteiger partial charge in [0.1, 0.15) is 5.60 Å². The zero-order valence-electron chi connectivity index (χ0n) is 10.1. The number of ether oxygens (including phenoxy) is 1. The first-order valence-electron chi connectivity index (χ1n) is 5.17. The van der Waals surface area contributed by atoms with Gasteiger partial charge in [0, 0.05) is 20.0 Å². The van der Waals surface area contributed by atoms with Gasteiger partial charge >= 0.3 is 6.09 Å². The molecule has 0 spiro atoms. The van der Waals surface area contributed by atoms with Gasteiger partial charge in [-0.25, -0.2) is 9.86 Å². The Balaban J connectivity index is 2.36. The molecule has 6 nitrogen and oxygen atoms in total. The minimum Gasteiger partial charge on any atom is -0.444 e. The summed E-state index contributed by atoms with van der Waals surface area (Å²) in [5.74, 6) is -0.422. The highest BCUT2D eigenvalue weighted by Gasteiger charge is 2.37. The van der Waals surface area contributed by atoms with Crippen molar-refractivity contribution >= 4 is 12.0 Å². The van der Waals surface area contributed by atoms with Crippen LogP contribution in [-0.2, 0) is 9.53 Å². The highest BCUT2D eigenvalue weighted by molar-refractivity contribution is 5.73. The molecular weight excluding hydrogens is 212 g/mol. The largest absolute Gasteiger partial charge is 0.444 e. The van der Waals surface area contributed by atoms with E-state index in [9.17, 15) is 14.8 Å². The Hall–Kier alpha value is -1.30. The first-order valence-corrected chi connectivity index (χ1v) is 5.17. The predicted octanol–water partition coefficient (Wildman–Crippen LogP) is 0.843. The van der Waals surface area contributed by atoms with Crippen LogP contribution in [0.25, 0.3) is 0 Å². The number of hydrogen-bond donors (Lipinski definition) is 1. The van der Waals surface area contributed by atoms with Crippen LogP contribution >= 0.6 is 0 Å². The Bertz CT molecular complexity index is 292. The van der Waals surface area contributed by atoms with Gasteiger partial charge in [-0.1, -0.05) is 0 Å². The second-order valence-corrected chi connectivity index (χ2v) is 4.90. The van der Waals surface area contributed by atoms with E-state index < -0.39 is 17.6 Å². The molecule has 1 saturated heterocycles. The minimum atomic E-state index is -0.526. The lowest BCUT2D eigenvalue weighted by atomic mass is 10.1. The van der Waals surface area contributed by atoms with Gasteiger partial charge in [-0.3, -0.25) is 10.0 Å². The van der Waals surface area contributed by atoms with E-state index in [1.165, 1.54) is 11.8 Å². The topological polar surface area (TPSA) is 70.1 Å². The van der Waals surface area contributed by atoms with Gasteiger partial charge in [0.25, 0.3) is 0 Å². The molecule has 0 bridgehead atoms. The molecule has 1 rings (SSSR count). The molecule has 0 saturated carbocycles. The Morgan fingerprint density at radius 3 is 2.25 bits per heavy atom. The molecule has 6 heteroatoms. The van der Waals surface area contributed by atoms with Crippen LogP contribution in [0.5, 0.6) is 0 Å². The van der Waals surface area contributed by atoms with E-state index in [1.807, 2.05) is 0 Å². The highest BCUT2D eigenvalue weighted by atomic mass is 16.6. The molecule has 0 radical (unpaired) electrons. The van der Waals surface area contributed by atoms with E-state index in [0.29, 0.717) is 18.2 Å². The second kappa shape index (κ2) is 4.29. The minimum absolute atomic E-state index is 0.311. The van der Waals surface area contributed by atoms with Gasteiger partial charge in [0.2, 0.25) is 5.91 Å². The molecule has 0 aromatic heterocycles. The summed E-state index contributed by atoms with van der Waals surface area (Å²) in [6, 6.07) is -0.315. The van der Waals surface area contributed by atoms with Crippen molar-refractivity contribution in [1.29, 1.82) is 0 Å². The molecule has 92 valence electrons. The Kier molecular flexibility index (Phi) is 3.42. The average Bonchev–Trinajstić information content (AvgIpc) is 1.96. The van der Waals surface area contributed by atoms with Crippen LogP contribution in [0.3, 0.4) is 0 Å².